The molecule has 1 aromatic rings. The largest absolute Gasteiger partial charge is 0.741 e. The minimum atomic E-state index is -6.09. The molecule has 0 bridgehead atoms. The Kier molecular flexibility index (Phi) is 5.73. The van der Waals surface area contributed by atoms with E-state index in [1.54, 1.807) is 6.07 Å². The minimum absolute atomic E-state index is 0.595. The van der Waals surface area contributed by atoms with E-state index in [0.29, 0.717) is 5.69 Å². The molecule has 0 heterocycles. The van der Waals surface area contributed by atoms with Gasteiger partial charge in [0.25, 0.3) is 0 Å². The Balaban J connectivity index is 0.000000362. The van der Waals surface area contributed by atoms with Crippen LogP contribution in [0, 0.1) is 5.39 Å². The third-order valence-electron chi connectivity index (χ3n) is 1.75. The predicted molar refractivity (Wildman–Crippen MR) is 61.3 cm³/mol. The standard InChI is InChI=1S/C8H10N3.CHF3O3S/c1-11(2)8-6-4-3-5-7(8)10-9;2-1(3,4)8(5,6)7/h3-6H,1-2H3;(H,5,6,7)/q+1;/p-1. The molecule has 0 spiro atoms. The zero-order chi connectivity index (χ0) is 15.3. The third-order valence-corrected chi connectivity index (χ3v) is 2.32. The van der Waals surface area contributed by atoms with Gasteiger partial charge in [0.2, 0.25) is 5.39 Å². The highest BCUT2D eigenvalue weighted by atomic mass is 32.2. The predicted octanol–water partition coefficient (Wildman–Crippen LogP) is 2.29. The average molecular weight is 297 g/mol. The zero-order valence-electron chi connectivity index (χ0n) is 9.92. The lowest BCUT2D eigenvalue weighted by Gasteiger charge is -2.08. The van der Waals surface area contributed by atoms with Gasteiger partial charge >= 0.3 is 11.2 Å². The maximum absolute atomic E-state index is 10.7. The summed E-state index contributed by atoms with van der Waals surface area (Å²) in [6, 6.07) is 7.40. The number of anilines is 1. The van der Waals surface area contributed by atoms with Crippen LogP contribution in [0.3, 0.4) is 0 Å². The van der Waals surface area contributed by atoms with Crippen molar-refractivity contribution in [3.05, 3.63) is 29.2 Å². The Morgan fingerprint density at radius 1 is 1.26 bits per heavy atom. The van der Waals surface area contributed by atoms with Crippen LogP contribution in [0.15, 0.2) is 24.3 Å². The maximum atomic E-state index is 10.7. The summed E-state index contributed by atoms with van der Waals surface area (Å²) in [5.41, 5.74) is -4.14. The van der Waals surface area contributed by atoms with Crippen molar-refractivity contribution in [2.24, 2.45) is 0 Å². The number of benzene rings is 1. The number of para-hydroxylation sites is 1. The number of alkyl halides is 3. The Bertz CT molecular complexity index is 564. The van der Waals surface area contributed by atoms with Gasteiger partial charge in [-0.3, -0.25) is 0 Å². The summed E-state index contributed by atoms with van der Waals surface area (Å²) in [6.45, 7) is 0. The van der Waals surface area contributed by atoms with Crippen molar-refractivity contribution in [2.75, 3.05) is 19.0 Å². The molecule has 0 atom stereocenters. The van der Waals surface area contributed by atoms with Gasteiger partial charge in [0.15, 0.2) is 15.1 Å². The molecule has 0 amide bonds. The second kappa shape index (κ2) is 6.35. The highest BCUT2D eigenvalue weighted by molar-refractivity contribution is 7.86. The molecule has 19 heavy (non-hydrogen) atoms. The molecule has 0 fully saturated rings. The average Bonchev–Trinajstić information content (AvgIpc) is 2.27. The molecule has 1 aromatic carbocycles. The zero-order valence-corrected chi connectivity index (χ0v) is 10.7. The van der Waals surface area contributed by atoms with Crippen LogP contribution in [0.5, 0.6) is 0 Å². The van der Waals surface area contributed by atoms with Gasteiger partial charge in [-0.05, 0) is 6.07 Å². The van der Waals surface area contributed by atoms with Crippen LogP contribution in [0.1, 0.15) is 0 Å². The van der Waals surface area contributed by atoms with Gasteiger partial charge in [-0.2, -0.15) is 13.2 Å². The highest BCUT2D eigenvalue weighted by Crippen LogP contribution is 2.25. The quantitative estimate of drug-likeness (QED) is 0.451. The molecule has 0 saturated heterocycles. The lowest BCUT2D eigenvalue weighted by atomic mass is 10.2. The fraction of sp³-hybridized carbons (Fsp3) is 0.333. The van der Waals surface area contributed by atoms with Gasteiger partial charge in [0, 0.05) is 20.2 Å². The van der Waals surface area contributed by atoms with Crippen molar-refractivity contribution in [1.29, 1.82) is 5.39 Å². The first kappa shape index (κ1) is 17.1. The van der Waals surface area contributed by atoms with E-state index in [-0.39, 0.29) is 0 Å². The molecular formula is C9H10F3N3O3S. The van der Waals surface area contributed by atoms with E-state index < -0.39 is 15.6 Å². The smallest absolute Gasteiger partial charge is 0.485 e. The molecule has 6 nitrogen and oxygen atoms in total. The molecule has 10 heteroatoms. The van der Waals surface area contributed by atoms with Crippen LogP contribution in [0.2, 0.25) is 0 Å². The number of halogens is 3. The van der Waals surface area contributed by atoms with Crippen molar-refractivity contribution in [3.8, 4) is 0 Å². The lowest BCUT2D eigenvalue weighted by molar-refractivity contribution is -0.0517. The van der Waals surface area contributed by atoms with E-state index >= 15 is 0 Å². The van der Waals surface area contributed by atoms with Crippen LogP contribution in [0.25, 0.3) is 4.98 Å². The van der Waals surface area contributed by atoms with Crippen molar-refractivity contribution < 1.29 is 26.1 Å². The fourth-order valence-corrected chi connectivity index (χ4v) is 0.927. The normalized spacial score (nSPS) is 11.0. The summed E-state index contributed by atoms with van der Waals surface area (Å²) in [5, 5.41) is 8.57. The van der Waals surface area contributed by atoms with E-state index in [1.807, 2.05) is 37.2 Å². The summed E-state index contributed by atoms with van der Waals surface area (Å²) in [4.78, 5) is 5.05. The van der Waals surface area contributed by atoms with E-state index in [1.165, 1.54) is 0 Å². The molecule has 0 saturated carbocycles. The first-order valence-electron chi connectivity index (χ1n) is 4.64. The van der Waals surface area contributed by atoms with Gasteiger partial charge < -0.3 is 9.45 Å². The molecule has 1 rings (SSSR count). The van der Waals surface area contributed by atoms with Crippen LogP contribution in [-0.2, 0) is 10.1 Å². The second-order valence-corrected chi connectivity index (χ2v) is 4.75. The SMILES string of the molecule is CN(C)c1ccccc1[N+]#N.O=S(=O)([O-])C(F)(F)F. The summed E-state index contributed by atoms with van der Waals surface area (Å²) in [7, 11) is -2.28. The van der Waals surface area contributed by atoms with Crippen molar-refractivity contribution >= 4 is 21.5 Å². The Hall–Kier alpha value is -1.86. The number of hydrogen-bond donors (Lipinski definition) is 0. The summed E-state index contributed by atoms with van der Waals surface area (Å²) in [5.74, 6) is 0. The summed E-state index contributed by atoms with van der Waals surface area (Å²) >= 11 is 0. The second-order valence-electron chi connectivity index (χ2n) is 3.38. The topological polar surface area (TPSA) is 88.6 Å². The van der Waals surface area contributed by atoms with E-state index in [9.17, 15) is 13.2 Å². The fourth-order valence-electron chi connectivity index (χ4n) is 0.927. The van der Waals surface area contributed by atoms with E-state index in [4.69, 9.17) is 18.4 Å². The molecule has 106 valence electrons. The van der Waals surface area contributed by atoms with Gasteiger partial charge in [-0.25, -0.2) is 8.42 Å². The number of rotatable bonds is 1. The van der Waals surface area contributed by atoms with Gasteiger partial charge in [-0.1, -0.05) is 12.1 Å². The van der Waals surface area contributed by atoms with E-state index in [0.717, 1.165) is 5.69 Å². The third kappa shape index (κ3) is 5.54. The van der Waals surface area contributed by atoms with Crippen LogP contribution < -0.4 is 4.90 Å². The molecule has 0 aliphatic rings. The Morgan fingerprint density at radius 2 is 1.68 bits per heavy atom. The molecule has 0 aliphatic heterocycles. The molecule has 0 aromatic heterocycles. The number of nitrogens with zero attached hydrogens (tertiary/aromatic N) is 3. The minimum Gasteiger partial charge on any atom is -0.741 e. The lowest BCUT2D eigenvalue weighted by Crippen LogP contribution is -2.21. The van der Waals surface area contributed by atoms with Gasteiger partial charge in [0.05, 0.1) is 0 Å². The summed E-state index contributed by atoms with van der Waals surface area (Å²) < 4.78 is 58.9. The van der Waals surface area contributed by atoms with Crippen LogP contribution in [0.4, 0.5) is 24.5 Å². The molecule has 0 unspecified atom stereocenters. The van der Waals surface area contributed by atoms with Gasteiger partial charge in [0.1, 0.15) is 5.69 Å². The molecule has 0 aliphatic carbocycles. The van der Waals surface area contributed by atoms with Crippen molar-refractivity contribution in [1.82, 2.24) is 0 Å². The first-order chi connectivity index (χ1) is 8.50. The maximum Gasteiger partial charge on any atom is 0.485 e. The van der Waals surface area contributed by atoms with Crippen molar-refractivity contribution in [2.45, 2.75) is 5.51 Å². The van der Waals surface area contributed by atoms with Crippen LogP contribution in [-0.4, -0.2) is 32.6 Å². The number of hydrogen-bond acceptors (Lipinski definition) is 5. The highest BCUT2D eigenvalue weighted by Gasteiger charge is 2.36. The Labute approximate surface area is 107 Å². The molecule has 0 radical (unpaired) electrons. The first-order valence-corrected chi connectivity index (χ1v) is 6.05. The Morgan fingerprint density at radius 3 is 1.95 bits per heavy atom. The van der Waals surface area contributed by atoms with Crippen LogP contribution >= 0.6 is 0 Å². The van der Waals surface area contributed by atoms with E-state index in [2.05, 4.69) is 4.98 Å². The van der Waals surface area contributed by atoms with Crippen molar-refractivity contribution in [3.63, 3.8) is 0 Å². The monoisotopic (exact) mass is 297 g/mol. The summed E-state index contributed by atoms with van der Waals surface area (Å²) in [6.07, 6.45) is 0. The van der Waals surface area contributed by atoms with Gasteiger partial charge in [-0.15, -0.1) is 0 Å². The molecule has 0 N–H and O–H groups in total. The number of diazo groups is 1. The molecular weight excluding hydrogens is 287 g/mol.